The first-order chi connectivity index (χ1) is 11.8. The predicted molar refractivity (Wildman–Crippen MR) is 93.5 cm³/mol. The van der Waals surface area contributed by atoms with Crippen LogP contribution in [0.1, 0.15) is 12.8 Å². The van der Waals surface area contributed by atoms with Crippen LogP contribution in [0.5, 0.6) is 0 Å². The highest BCUT2D eigenvalue weighted by Gasteiger charge is 2.24. The minimum absolute atomic E-state index is 0.215. The van der Waals surface area contributed by atoms with Crippen molar-refractivity contribution in [3.8, 4) is 0 Å². The van der Waals surface area contributed by atoms with Gasteiger partial charge < -0.3 is 14.0 Å². The summed E-state index contributed by atoms with van der Waals surface area (Å²) in [7, 11) is 0. The highest BCUT2D eigenvalue weighted by Crippen LogP contribution is 2.20. The van der Waals surface area contributed by atoms with E-state index in [9.17, 15) is 4.79 Å². The highest BCUT2D eigenvalue weighted by molar-refractivity contribution is 5.83. The molecule has 0 bridgehead atoms. The molecule has 1 aromatic carbocycles. The van der Waals surface area contributed by atoms with Crippen molar-refractivity contribution in [1.82, 2.24) is 19.0 Å². The molecule has 0 radical (unpaired) electrons. The second kappa shape index (κ2) is 6.51. The number of para-hydroxylation sites is 1. The normalized spacial score (nSPS) is 18.2. The van der Waals surface area contributed by atoms with Gasteiger partial charge in [-0.25, -0.2) is 4.98 Å². The lowest BCUT2D eigenvalue weighted by Gasteiger charge is -2.33. The number of hydrogen-bond donors (Lipinski definition) is 0. The number of nitrogens with zero attached hydrogens (tertiary/aromatic N) is 4. The zero-order valence-corrected chi connectivity index (χ0v) is 13.7. The molecule has 5 nitrogen and oxygen atoms in total. The molecule has 1 aliphatic rings. The fraction of sp³-hybridized carbons (Fsp3) is 0.368. The van der Waals surface area contributed by atoms with Gasteiger partial charge in [-0.2, -0.15) is 0 Å². The fourth-order valence-corrected chi connectivity index (χ4v) is 3.66. The van der Waals surface area contributed by atoms with Gasteiger partial charge in [0, 0.05) is 43.7 Å². The average molecular weight is 322 g/mol. The first kappa shape index (κ1) is 15.0. The molecule has 1 fully saturated rings. The summed E-state index contributed by atoms with van der Waals surface area (Å²) in [6.07, 6.45) is 9.92. The van der Waals surface area contributed by atoms with Gasteiger partial charge in [0.1, 0.15) is 6.54 Å². The molecule has 4 rings (SSSR count). The largest absolute Gasteiger partial charge is 0.341 e. The molecule has 1 amide bonds. The van der Waals surface area contributed by atoms with Gasteiger partial charge in [-0.3, -0.25) is 4.79 Å². The third kappa shape index (κ3) is 3.07. The maximum atomic E-state index is 12.7. The van der Waals surface area contributed by atoms with E-state index < -0.39 is 0 Å². The topological polar surface area (TPSA) is 43.1 Å². The van der Waals surface area contributed by atoms with Crippen LogP contribution in [0.2, 0.25) is 0 Å². The van der Waals surface area contributed by atoms with E-state index in [1.54, 1.807) is 0 Å². The summed E-state index contributed by atoms with van der Waals surface area (Å²) in [5.74, 6) is 0.727. The Morgan fingerprint density at radius 1 is 1.21 bits per heavy atom. The number of benzene rings is 1. The Morgan fingerprint density at radius 3 is 3.00 bits per heavy atom. The molecule has 124 valence electrons. The lowest BCUT2D eigenvalue weighted by atomic mass is 9.98. The number of likely N-dealkylation sites (tertiary alicyclic amines) is 1. The van der Waals surface area contributed by atoms with Crippen molar-refractivity contribution in [1.29, 1.82) is 0 Å². The minimum Gasteiger partial charge on any atom is -0.341 e. The monoisotopic (exact) mass is 322 g/mol. The molecule has 3 heterocycles. The second-order valence-corrected chi connectivity index (χ2v) is 6.61. The number of aromatic nitrogens is 3. The maximum Gasteiger partial charge on any atom is 0.242 e. The van der Waals surface area contributed by atoms with E-state index in [-0.39, 0.29) is 5.91 Å². The third-order valence-corrected chi connectivity index (χ3v) is 4.89. The number of fused-ring (bicyclic) bond motifs is 1. The molecule has 1 atom stereocenters. The van der Waals surface area contributed by atoms with Gasteiger partial charge in [0.15, 0.2) is 0 Å². The molecule has 3 aromatic rings. The van der Waals surface area contributed by atoms with Crippen molar-refractivity contribution in [3.63, 3.8) is 0 Å². The van der Waals surface area contributed by atoms with Crippen LogP contribution in [0.3, 0.4) is 0 Å². The van der Waals surface area contributed by atoms with Crippen LogP contribution in [0.15, 0.2) is 55.2 Å². The van der Waals surface area contributed by atoms with Crippen LogP contribution in [0.25, 0.3) is 10.9 Å². The molecule has 0 N–H and O–H groups in total. The van der Waals surface area contributed by atoms with Crippen LogP contribution in [0.4, 0.5) is 0 Å². The standard InChI is InChI=1S/C19H22N4O/c24-19(14-22-10-7-17-5-1-2-6-18(17)22)23-9-3-4-16(13-23)12-21-11-8-20-15-21/h1-2,5-8,10-11,15-16H,3-4,9,12-14H2/t16-/m1/s1. The van der Waals surface area contributed by atoms with Crippen molar-refractivity contribution in [2.45, 2.75) is 25.9 Å². The van der Waals surface area contributed by atoms with Crippen molar-refractivity contribution < 1.29 is 4.79 Å². The van der Waals surface area contributed by atoms with Crippen LogP contribution < -0.4 is 0 Å². The Morgan fingerprint density at radius 2 is 2.12 bits per heavy atom. The number of amides is 1. The number of piperidine rings is 1. The molecule has 24 heavy (non-hydrogen) atoms. The predicted octanol–water partition coefficient (Wildman–Crippen LogP) is 2.78. The SMILES string of the molecule is O=C(Cn1ccc2ccccc21)N1CCC[C@H](Cn2ccnc2)C1. The zero-order chi connectivity index (χ0) is 16.4. The van der Waals surface area contributed by atoms with Gasteiger partial charge in [-0.15, -0.1) is 0 Å². The molecule has 2 aromatic heterocycles. The van der Waals surface area contributed by atoms with Crippen LogP contribution in [0, 0.1) is 5.92 Å². The van der Waals surface area contributed by atoms with E-state index >= 15 is 0 Å². The second-order valence-electron chi connectivity index (χ2n) is 6.61. The first-order valence-corrected chi connectivity index (χ1v) is 8.57. The Hall–Kier alpha value is -2.56. The van der Waals surface area contributed by atoms with Crippen LogP contribution in [-0.2, 0) is 17.9 Å². The molecule has 0 unspecified atom stereocenters. The Kier molecular flexibility index (Phi) is 4.07. The average Bonchev–Trinajstić information content (AvgIpc) is 3.25. The lowest BCUT2D eigenvalue weighted by Crippen LogP contribution is -2.42. The summed E-state index contributed by atoms with van der Waals surface area (Å²) < 4.78 is 4.16. The van der Waals surface area contributed by atoms with Gasteiger partial charge in [-0.1, -0.05) is 18.2 Å². The van der Waals surface area contributed by atoms with Crippen molar-refractivity contribution in [2.24, 2.45) is 5.92 Å². The van der Waals surface area contributed by atoms with E-state index in [1.807, 2.05) is 42.0 Å². The van der Waals surface area contributed by atoms with Gasteiger partial charge in [0.2, 0.25) is 5.91 Å². The zero-order valence-electron chi connectivity index (χ0n) is 13.7. The molecule has 0 saturated carbocycles. The summed E-state index contributed by atoms with van der Waals surface area (Å²) in [5, 5.41) is 1.18. The van der Waals surface area contributed by atoms with E-state index in [2.05, 4.69) is 32.3 Å². The minimum atomic E-state index is 0.215. The number of imidazole rings is 1. The number of hydrogen-bond acceptors (Lipinski definition) is 2. The Labute approximate surface area is 141 Å². The summed E-state index contributed by atoms with van der Waals surface area (Å²) in [4.78, 5) is 18.9. The van der Waals surface area contributed by atoms with E-state index in [0.29, 0.717) is 12.5 Å². The van der Waals surface area contributed by atoms with Crippen molar-refractivity contribution >= 4 is 16.8 Å². The quantitative estimate of drug-likeness (QED) is 0.741. The summed E-state index contributed by atoms with van der Waals surface area (Å²) in [6, 6.07) is 10.3. The van der Waals surface area contributed by atoms with Crippen LogP contribution >= 0.6 is 0 Å². The van der Waals surface area contributed by atoms with Crippen molar-refractivity contribution in [2.75, 3.05) is 13.1 Å². The summed E-state index contributed by atoms with van der Waals surface area (Å²) in [6.45, 7) is 3.08. The molecular formula is C19H22N4O. The smallest absolute Gasteiger partial charge is 0.242 e. The number of carbonyl (C=O) groups excluding carboxylic acids is 1. The molecule has 0 spiro atoms. The van der Waals surface area contributed by atoms with E-state index in [1.165, 1.54) is 11.8 Å². The molecular weight excluding hydrogens is 300 g/mol. The third-order valence-electron chi connectivity index (χ3n) is 4.89. The first-order valence-electron chi connectivity index (χ1n) is 8.57. The summed E-state index contributed by atoms with van der Waals surface area (Å²) in [5.41, 5.74) is 1.12. The fourth-order valence-electron chi connectivity index (χ4n) is 3.66. The maximum absolute atomic E-state index is 12.7. The molecule has 1 saturated heterocycles. The summed E-state index contributed by atoms with van der Waals surface area (Å²) >= 11 is 0. The Bertz CT molecular complexity index is 821. The van der Waals surface area contributed by atoms with Gasteiger partial charge in [-0.05, 0) is 36.3 Å². The van der Waals surface area contributed by atoms with Gasteiger partial charge in [0.05, 0.1) is 6.33 Å². The van der Waals surface area contributed by atoms with Gasteiger partial charge in [0.25, 0.3) is 0 Å². The molecule has 5 heteroatoms. The lowest BCUT2D eigenvalue weighted by molar-refractivity contribution is -0.133. The van der Waals surface area contributed by atoms with E-state index in [0.717, 1.165) is 31.6 Å². The molecule has 1 aliphatic heterocycles. The van der Waals surface area contributed by atoms with E-state index in [4.69, 9.17) is 0 Å². The number of carbonyl (C=O) groups is 1. The van der Waals surface area contributed by atoms with Crippen molar-refractivity contribution in [3.05, 3.63) is 55.2 Å². The molecule has 0 aliphatic carbocycles. The van der Waals surface area contributed by atoms with Gasteiger partial charge >= 0.3 is 0 Å². The van der Waals surface area contributed by atoms with Crippen LogP contribution in [-0.4, -0.2) is 38.0 Å². The highest BCUT2D eigenvalue weighted by atomic mass is 16.2. The number of rotatable bonds is 4. The Balaban J connectivity index is 1.42.